The lowest BCUT2D eigenvalue weighted by Crippen LogP contribution is -2.17. The first-order chi connectivity index (χ1) is 14.6. The first kappa shape index (κ1) is 21.9. The van der Waals surface area contributed by atoms with Gasteiger partial charge in [0, 0.05) is 20.6 Å². The van der Waals surface area contributed by atoms with Crippen LogP contribution in [-0.4, -0.2) is 18.7 Å². The Bertz CT molecular complexity index is 1020. The van der Waals surface area contributed by atoms with Crippen molar-refractivity contribution in [1.82, 2.24) is 5.43 Å². The molecule has 0 aliphatic carbocycles. The van der Waals surface area contributed by atoms with E-state index in [2.05, 4.69) is 26.5 Å². The van der Waals surface area contributed by atoms with Crippen LogP contribution in [0.5, 0.6) is 11.5 Å². The molecule has 0 aliphatic rings. The smallest absolute Gasteiger partial charge is 0.271 e. The molecular weight excluding hydrogens is 468 g/mol. The van der Waals surface area contributed by atoms with E-state index in [9.17, 15) is 4.79 Å². The molecule has 0 heterocycles. The van der Waals surface area contributed by atoms with Gasteiger partial charge in [0.1, 0.15) is 6.61 Å². The summed E-state index contributed by atoms with van der Waals surface area (Å²) in [6, 6.07) is 20.1. The summed E-state index contributed by atoms with van der Waals surface area (Å²) in [5, 5.41) is 4.61. The zero-order valence-electron chi connectivity index (χ0n) is 16.3. The lowest BCUT2D eigenvalue weighted by atomic mass is 10.2. The average Bonchev–Trinajstić information content (AvgIpc) is 2.76. The molecule has 3 aromatic carbocycles. The fraction of sp³-hybridized carbons (Fsp3) is 0.130. The van der Waals surface area contributed by atoms with Crippen molar-refractivity contribution in [1.29, 1.82) is 0 Å². The van der Waals surface area contributed by atoms with Gasteiger partial charge < -0.3 is 9.47 Å². The van der Waals surface area contributed by atoms with Crippen LogP contribution in [0.25, 0.3) is 0 Å². The van der Waals surface area contributed by atoms with E-state index >= 15 is 0 Å². The van der Waals surface area contributed by atoms with Crippen LogP contribution in [0.3, 0.4) is 0 Å². The lowest BCUT2D eigenvalue weighted by molar-refractivity contribution is 0.0955. The van der Waals surface area contributed by atoms with Gasteiger partial charge in [0.05, 0.1) is 12.8 Å². The molecule has 0 unspecified atom stereocenters. The molecule has 0 saturated heterocycles. The molecule has 5 nitrogen and oxygen atoms in total. The Hall–Kier alpha value is -2.83. The molecule has 0 atom stereocenters. The Kier molecular flexibility index (Phi) is 7.88. The van der Waals surface area contributed by atoms with Crippen LogP contribution < -0.4 is 14.9 Å². The number of benzene rings is 3. The number of halogens is 2. The summed E-state index contributed by atoms with van der Waals surface area (Å²) < 4.78 is 12.4. The third kappa shape index (κ3) is 6.08. The highest BCUT2D eigenvalue weighted by molar-refractivity contribution is 9.10. The number of hydrogen-bond donors (Lipinski definition) is 1. The molecule has 0 bridgehead atoms. The predicted molar refractivity (Wildman–Crippen MR) is 123 cm³/mol. The van der Waals surface area contributed by atoms with E-state index in [-0.39, 0.29) is 5.91 Å². The molecule has 154 valence electrons. The average molecular weight is 488 g/mol. The monoisotopic (exact) mass is 486 g/mol. The van der Waals surface area contributed by atoms with Gasteiger partial charge in [0.15, 0.2) is 11.5 Å². The maximum atomic E-state index is 12.2. The van der Waals surface area contributed by atoms with E-state index in [0.717, 1.165) is 15.6 Å². The van der Waals surface area contributed by atoms with Gasteiger partial charge in [-0.2, -0.15) is 5.10 Å². The van der Waals surface area contributed by atoms with Gasteiger partial charge in [0.2, 0.25) is 0 Å². The fourth-order valence-corrected chi connectivity index (χ4v) is 3.14. The highest BCUT2D eigenvalue weighted by atomic mass is 79.9. The number of nitrogens with zero attached hydrogens (tertiary/aromatic N) is 1. The molecule has 0 radical (unpaired) electrons. The van der Waals surface area contributed by atoms with Crippen molar-refractivity contribution < 1.29 is 14.3 Å². The number of carbonyl (C=O) groups is 1. The van der Waals surface area contributed by atoms with Crippen molar-refractivity contribution in [2.24, 2.45) is 5.10 Å². The lowest BCUT2D eigenvalue weighted by Gasteiger charge is -2.14. The maximum absolute atomic E-state index is 12.2. The minimum atomic E-state index is -0.327. The molecule has 0 spiro atoms. The zero-order chi connectivity index (χ0) is 21.3. The van der Waals surface area contributed by atoms with Crippen LogP contribution in [0.15, 0.2) is 76.3 Å². The minimum absolute atomic E-state index is 0.327. The number of rotatable bonds is 8. The second-order valence-corrected chi connectivity index (χ2v) is 7.52. The standard InChI is InChI=1S/C23H20BrClN2O3/c1-2-29-21-12-18(14-26-27-23(28)17-8-10-19(25)11-9-17)20(24)13-22(21)30-15-16-6-4-3-5-7-16/h3-14H,2,15H2,1H3,(H,27,28)/b26-14-. The summed E-state index contributed by atoms with van der Waals surface area (Å²) in [4.78, 5) is 12.2. The van der Waals surface area contributed by atoms with E-state index in [4.69, 9.17) is 21.1 Å². The van der Waals surface area contributed by atoms with Gasteiger partial charge in [0.25, 0.3) is 5.91 Å². The number of hydrazone groups is 1. The molecule has 0 aromatic heterocycles. The van der Waals surface area contributed by atoms with Crippen LogP contribution in [0.4, 0.5) is 0 Å². The van der Waals surface area contributed by atoms with Crippen LogP contribution in [0.2, 0.25) is 5.02 Å². The van der Waals surface area contributed by atoms with E-state index in [1.165, 1.54) is 0 Å². The first-order valence-electron chi connectivity index (χ1n) is 9.29. The third-order valence-electron chi connectivity index (χ3n) is 4.08. The summed E-state index contributed by atoms with van der Waals surface area (Å²) in [5.41, 5.74) is 4.77. The molecule has 0 aliphatic heterocycles. The van der Waals surface area contributed by atoms with E-state index in [1.807, 2.05) is 49.4 Å². The topological polar surface area (TPSA) is 59.9 Å². The van der Waals surface area contributed by atoms with Crippen molar-refractivity contribution >= 4 is 39.7 Å². The summed E-state index contributed by atoms with van der Waals surface area (Å²) in [6.07, 6.45) is 1.54. The van der Waals surface area contributed by atoms with E-state index in [1.54, 1.807) is 30.5 Å². The third-order valence-corrected chi connectivity index (χ3v) is 5.01. The van der Waals surface area contributed by atoms with Gasteiger partial charge >= 0.3 is 0 Å². The second-order valence-electron chi connectivity index (χ2n) is 6.23. The van der Waals surface area contributed by atoms with Crippen LogP contribution in [0.1, 0.15) is 28.4 Å². The first-order valence-corrected chi connectivity index (χ1v) is 10.5. The summed E-state index contributed by atoms with van der Waals surface area (Å²) in [6.45, 7) is 2.83. The maximum Gasteiger partial charge on any atom is 0.271 e. The number of ether oxygens (including phenoxy) is 2. The predicted octanol–water partition coefficient (Wildman–Crippen LogP) is 5.84. The quantitative estimate of drug-likeness (QED) is 0.320. The Morgan fingerprint density at radius 2 is 1.77 bits per heavy atom. The molecule has 0 fully saturated rings. The van der Waals surface area contributed by atoms with Gasteiger partial charge in [-0.3, -0.25) is 4.79 Å². The highest BCUT2D eigenvalue weighted by Gasteiger charge is 2.11. The Morgan fingerprint density at radius 1 is 1.07 bits per heavy atom. The molecule has 30 heavy (non-hydrogen) atoms. The van der Waals surface area contributed by atoms with Crippen LogP contribution in [0, 0.1) is 0 Å². The van der Waals surface area contributed by atoms with Crippen LogP contribution in [-0.2, 0) is 6.61 Å². The van der Waals surface area contributed by atoms with Crippen molar-refractivity contribution in [2.45, 2.75) is 13.5 Å². The molecule has 7 heteroatoms. The molecule has 1 amide bonds. The van der Waals surface area contributed by atoms with Gasteiger partial charge in [-0.15, -0.1) is 0 Å². The number of amides is 1. The fourth-order valence-electron chi connectivity index (χ4n) is 2.59. The van der Waals surface area contributed by atoms with Gasteiger partial charge in [-0.05, 0) is 64.8 Å². The number of carbonyl (C=O) groups excluding carboxylic acids is 1. The minimum Gasteiger partial charge on any atom is -0.490 e. The molecule has 3 aromatic rings. The molecule has 0 saturated carbocycles. The van der Waals surface area contributed by atoms with Gasteiger partial charge in [-0.1, -0.05) is 41.9 Å². The Balaban J connectivity index is 1.71. The number of nitrogens with one attached hydrogen (secondary N) is 1. The normalized spacial score (nSPS) is 10.8. The summed E-state index contributed by atoms with van der Waals surface area (Å²) in [7, 11) is 0. The summed E-state index contributed by atoms with van der Waals surface area (Å²) >= 11 is 9.36. The Morgan fingerprint density at radius 3 is 2.47 bits per heavy atom. The van der Waals surface area contributed by atoms with Crippen molar-refractivity contribution in [2.75, 3.05) is 6.61 Å². The Labute approximate surface area is 188 Å². The SMILES string of the molecule is CCOc1cc(/C=N\NC(=O)c2ccc(Cl)cc2)c(Br)cc1OCc1ccccc1. The second kappa shape index (κ2) is 10.8. The molecule has 3 rings (SSSR count). The highest BCUT2D eigenvalue weighted by Crippen LogP contribution is 2.33. The van der Waals surface area contributed by atoms with Gasteiger partial charge in [-0.25, -0.2) is 5.43 Å². The zero-order valence-corrected chi connectivity index (χ0v) is 18.6. The van der Waals surface area contributed by atoms with E-state index in [0.29, 0.717) is 35.3 Å². The number of hydrogen-bond acceptors (Lipinski definition) is 4. The largest absolute Gasteiger partial charge is 0.490 e. The van der Waals surface area contributed by atoms with Crippen molar-refractivity contribution in [3.63, 3.8) is 0 Å². The summed E-state index contributed by atoms with van der Waals surface area (Å²) in [5.74, 6) is 0.893. The van der Waals surface area contributed by atoms with Crippen molar-refractivity contribution in [3.05, 3.63) is 92.9 Å². The molecule has 1 N–H and O–H groups in total. The molecular formula is C23H20BrClN2O3. The van der Waals surface area contributed by atoms with E-state index < -0.39 is 0 Å². The van der Waals surface area contributed by atoms with Crippen molar-refractivity contribution in [3.8, 4) is 11.5 Å². The van der Waals surface area contributed by atoms with Crippen LogP contribution >= 0.6 is 27.5 Å².